The summed E-state index contributed by atoms with van der Waals surface area (Å²) in [5, 5.41) is 20.5. The highest BCUT2D eigenvalue weighted by atomic mass is 15.1. The average molecular weight is 149 g/mol. The molecule has 0 spiro atoms. The van der Waals surface area contributed by atoms with Crippen LogP contribution in [0.2, 0.25) is 0 Å². The molecule has 1 fully saturated rings. The van der Waals surface area contributed by atoms with Gasteiger partial charge >= 0.3 is 0 Å². The first kappa shape index (κ1) is 8.04. The van der Waals surface area contributed by atoms with Gasteiger partial charge in [-0.25, -0.2) is 0 Å². The average Bonchev–Trinajstić information content (AvgIpc) is 2.30. The van der Waals surface area contributed by atoms with E-state index in [0.29, 0.717) is 0 Å². The van der Waals surface area contributed by atoms with Gasteiger partial charge in [0.25, 0.3) is 0 Å². The Morgan fingerprint density at radius 2 is 1.45 bits per heavy atom. The number of nitrogens with zero attached hydrogens (tertiary/aromatic N) is 2. The van der Waals surface area contributed by atoms with Crippen molar-refractivity contribution in [2.75, 3.05) is 0 Å². The lowest BCUT2D eigenvalue weighted by atomic mass is 10.0. The second-order valence-electron chi connectivity index (χ2n) is 3.51. The van der Waals surface area contributed by atoms with Gasteiger partial charge in [-0.3, -0.25) is 5.32 Å². The molecule has 1 rings (SSSR count). The van der Waals surface area contributed by atoms with Crippen molar-refractivity contribution >= 4 is 0 Å². The zero-order valence-electron chi connectivity index (χ0n) is 6.81. The Balaban J connectivity index is 2.78. The molecule has 58 valence electrons. The van der Waals surface area contributed by atoms with E-state index in [9.17, 15) is 0 Å². The predicted octanol–water partition coefficient (Wildman–Crippen LogP) is 0.934. The molecule has 0 aromatic carbocycles. The van der Waals surface area contributed by atoms with Crippen LogP contribution < -0.4 is 5.32 Å². The second kappa shape index (κ2) is 2.22. The summed E-state index contributed by atoms with van der Waals surface area (Å²) in [5.41, 5.74) is -0.991. The van der Waals surface area contributed by atoms with E-state index in [0.717, 1.165) is 12.8 Å². The quantitative estimate of drug-likeness (QED) is 0.557. The number of rotatable bonds is 0. The molecule has 11 heavy (non-hydrogen) atoms. The van der Waals surface area contributed by atoms with Gasteiger partial charge in [-0.05, 0) is 26.7 Å². The fraction of sp³-hybridized carbons (Fsp3) is 0.750. The standard InChI is InChI=1S/C8H11N3/c1-7(5-9)3-4-8(2,6-10)11-7/h11H,3-4H2,1-2H3. The monoisotopic (exact) mass is 149 g/mol. The normalized spacial score (nSPS) is 42.9. The molecule has 0 amide bonds. The van der Waals surface area contributed by atoms with Crippen molar-refractivity contribution in [3.05, 3.63) is 0 Å². The predicted molar refractivity (Wildman–Crippen MR) is 40.4 cm³/mol. The van der Waals surface area contributed by atoms with Gasteiger partial charge in [-0.15, -0.1) is 0 Å². The van der Waals surface area contributed by atoms with Crippen molar-refractivity contribution in [3.63, 3.8) is 0 Å². The van der Waals surface area contributed by atoms with E-state index in [1.165, 1.54) is 0 Å². The summed E-state index contributed by atoms with van der Waals surface area (Å²) in [6.45, 7) is 3.66. The molecule has 0 saturated carbocycles. The molecular weight excluding hydrogens is 138 g/mol. The van der Waals surface area contributed by atoms with Crippen LogP contribution in [0, 0.1) is 22.7 Å². The number of nitrogens with one attached hydrogen (secondary N) is 1. The Morgan fingerprint density at radius 1 is 1.09 bits per heavy atom. The second-order valence-corrected chi connectivity index (χ2v) is 3.51. The van der Waals surface area contributed by atoms with Gasteiger partial charge in [-0.1, -0.05) is 0 Å². The van der Waals surface area contributed by atoms with Crippen LogP contribution in [-0.2, 0) is 0 Å². The third-order valence-corrected chi connectivity index (χ3v) is 2.17. The van der Waals surface area contributed by atoms with Crippen LogP contribution >= 0.6 is 0 Å². The van der Waals surface area contributed by atoms with Gasteiger partial charge < -0.3 is 0 Å². The highest BCUT2D eigenvalue weighted by Gasteiger charge is 2.42. The summed E-state index contributed by atoms with van der Waals surface area (Å²) in [7, 11) is 0. The third kappa shape index (κ3) is 1.34. The SMILES string of the molecule is CC1(C#N)CCC(C)(C#N)N1. The van der Waals surface area contributed by atoms with Gasteiger partial charge in [0, 0.05) is 0 Å². The molecule has 1 saturated heterocycles. The van der Waals surface area contributed by atoms with E-state index < -0.39 is 11.1 Å². The summed E-state index contributed by atoms with van der Waals surface area (Å²) in [6.07, 6.45) is 1.52. The molecular formula is C8H11N3. The molecule has 1 heterocycles. The van der Waals surface area contributed by atoms with Crippen molar-refractivity contribution in [2.24, 2.45) is 0 Å². The molecule has 0 aliphatic carbocycles. The molecule has 0 aromatic heterocycles. The maximum Gasteiger partial charge on any atom is 0.105 e. The van der Waals surface area contributed by atoms with Crippen LogP contribution in [0.1, 0.15) is 26.7 Å². The minimum atomic E-state index is -0.496. The smallest absolute Gasteiger partial charge is 0.105 e. The Labute approximate surface area is 66.6 Å². The largest absolute Gasteiger partial charge is 0.282 e. The first-order valence-corrected chi connectivity index (χ1v) is 3.65. The highest BCUT2D eigenvalue weighted by Crippen LogP contribution is 2.29. The van der Waals surface area contributed by atoms with E-state index in [2.05, 4.69) is 17.5 Å². The van der Waals surface area contributed by atoms with Crippen molar-refractivity contribution in [2.45, 2.75) is 37.8 Å². The number of hydrogen-bond donors (Lipinski definition) is 1. The minimum Gasteiger partial charge on any atom is -0.282 e. The Morgan fingerprint density at radius 3 is 1.64 bits per heavy atom. The van der Waals surface area contributed by atoms with Crippen LogP contribution in [0.15, 0.2) is 0 Å². The first-order chi connectivity index (χ1) is 5.04. The first-order valence-electron chi connectivity index (χ1n) is 3.65. The maximum atomic E-state index is 8.73. The summed E-state index contributed by atoms with van der Waals surface area (Å²) in [6, 6.07) is 4.34. The molecule has 1 aliphatic heterocycles. The van der Waals surface area contributed by atoms with E-state index in [1.54, 1.807) is 0 Å². The highest BCUT2D eigenvalue weighted by molar-refractivity contribution is 5.19. The van der Waals surface area contributed by atoms with E-state index in [1.807, 2.05) is 13.8 Å². The van der Waals surface area contributed by atoms with Crippen LogP contribution in [0.5, 0.6) is 0 Å². The molecule has 2 atom stereocenters. The molecule has 0 radical (unpaired) electrons. The molecule has 1 N–H and O–H groups in total. The zero-order valence-corrected chi connectivity index (χ0v) is 6.81. The van der Waals surface area contributed by atoms with Crippen LogP contribution in [0.25, 0.3) is 0 Å². The van der Waals surface area contributed by atoms with Gasteiger partial charge in [0.15, 0.2) is 0 Å². The zero-order chi connectivity index (χ0) is 8.54. The van der Waals surface area contributed by atoms with Crippen LogP contribution in [-0.4, -0.2) is 11.1 Å². The topological polar surface area (TPSA) is 59.6 Å². The lowest BCUT2D eigenvalue weighted by Crippen LogP contribution is -2.45. The van der Waals surface area contributed by atoms with Gasteiger partial charge in [0.1, 0.15) is 11.1 Å². The van der Waals surface area contributed by atoms with Gasteiger partial charge in [0.05, 0.1) is 12.1 Å². The molecule has 1 aliphatic rings. The van der Waals surface area contributed by atoms with Crippen LogP contribution in [0.4, 0.5) is 0 Å². The molecule has 2 unspecified atom stereocenters. The molecule has 0 bridgehead atoms. The lowest BCUT2D eigenvalue weighted by Gasteiger charge is -2.19. The van der Waals surface area contributed by atoms with E-state index in [-0.39, 0.29) is 0 Å². The molecule has 3 heteroatoms. The fourth-order valence-corrected chi connectivity index (χ4v) is 1.40. The van der Waals surface area contributed by atoms with Crippen molar-refractivity contribution in [3.8, 4) is 12.1 Å². The summed E-state index contributed by atoms with van der Waals surface area (Å²) in [5.74, 6) is 0. The molecule has 3 nitrogen and oxygen atoms in total. The van der Waals surface area contributed by atoms with Gasteiger partial charge in [-0.2, -0.15) is 10.5 Å². The summed E-state index contributed by atoms with van der Waals surface area (Å²) in [4.78, 5) is 0. The van der Waals surface area contributed by atoms with Gasteiger partial charge in [0.2, 0.25) is 0 Å². The lowest BCUT2D eigenvalue weighted by molar-refractivity contribution is 0.447. The summed E-state index contributed by atoms with van der Waals surface area (Å²) < 4.78 is 0. The Kier molecular flexibility index (Phi) is 1.62. The maximum absolute atomic E-state index is 8.73. The summed E-state index contributed by atoms with van der Waals surface area (Å²) >= 11 is 0. The fourth-order valence-electron chi connectivity index (χ4n) is 1.40. The van der Waals surface area contributed by atoms with Crippen molar-refractivity contribution in [1.29, 1.82) is 10.5 Å². The van der Waals surface area contributed by atoms with E-state index >= 15 is 0 Å². The number of nitriles is 2. The van der Waals surface area contributed by atoms with Crippen molar-refractivity contribution < 1.29 is 0 Å². The minimum absolute atomic E-state index is 0.496. The molecule has 0 aromatic rings. The van der Waals surface area contributed by atoms with Crippen molar-refractivity contribution in [1.82, 2.24) is 5.32 Å². The Bertz CT molecular complexity index is 221. The Hall–Kier alpha value is -1.06. The van der Waals surface area contributed by atoms with Crippen LogP contribution in [0.3, 0.4) is 0 Å². The number of hydrogen-bond acceptors (Lipinski definition) is 3. The third-order valence-electron chi connectivity index (χ3n) is 2.17. The van der Waals surface area contributed by atoms with E-state index in [4.69, 9.17) is 10.5 Å².